The van der Waals surface area contributed by atoms with Crippen molar-refractivity contribution in [3.63, 3.8) is 0 Å². The van der Waals surface area contributed by atoms with E-state index >= 15 is 0 Å². The number of rotatable bonds is 8. The van der Waals surface area contributed by atoms with Crippen molar-refractivity contribution in [1.82, 2.24) is 10.6 Å². The van der Waals surface area contributed by atoms with E-state index in [1.54, 1.807) is 44.7 Å². The van der Waals surface area contributed by atoms with Crippen LogP contribution in [0, 0.1) is 5.82 Å². The van der Waals surface area contributed by atoms with E-state index in [4.69, 9.17) is 4.74 Å². The first-order valence-electron chi connectivity index (χ1n) is 7.88. The number of hydrogen-bond donors (Lipinski definition) is 2. The molecule has 2 amide bonds. The molecule has 0 spiro atoms. The Morgan fingerprint density at radius 2 is 1.79 bits per heavy atom. The number of ether oxygens (including phenoxy) is 1. The molecule has 0 saturated carbocycles. The van der Waals surface area contributed by atoms with Crippen molar-refractivity contribution in [3.8, 4) is 0 Å². The Labute approximate surface area is 146 Å². The molecule has 1 aromatic rings. The van der Waals surface area contributed by atoms with E-state index in [9.17, 15) is 14.0 Å². The van der Waals surface area contributed by atoms with E-state index < -0.39 is 11.7 Å². The maximum atomic E-state index is 12.8. The van der Waals surface area contributed by atoms with Gasteiger partial charge in [0.2, 0.25) is 5.91 Å². The van der Waals surface area contributed by atoms with Crippen molar-refractivity contribution in [1.29, 1.82) is 0 Å². The second kappa shape index (κ2) is 10.2. The van der Waals surface area contributed by atoms with Gasteiger partial charge in [0.25, 0.3) is 0 Å². The SMILES string of the molecule is CC(C)(C)OC(=O)NCCC(=O)NCCCSc1ccc(F)cc1. The van der Waals surface area contributed by atoms with Gasteiger partial charge in [0.05, 0.1) is 0 Å². The predicted molar refractivity (Wildman–Crippen MR) is 93.6 cm³/mol. The fraction of sp³-hybridized carbons (Fsp3) is 0.529. The number of carbonyl (C=O) groups is 2. The maximum Gasteiger partial charge on any atom is 0.407 e. The van der Waals surface area contributed by atoms with Gasteiger partial charge in [-0.2, -0.15) is 0 Å². The summed E-state index contributed by atoms with van der Waals surface area (Å²) >= 11 is 1.62. The van der Waals surface area contributed by atoms with Gasteiger partial charge in [-0.05, 0) is 57.2 Å². The number of carbonyl (C=O) groups excluding carboxylic acids is 2. The maximum absolute atomic E-state index is 12.8. The molecule has 0 aromatic heterocycles. The zero-order valence-corrected chi connectivity index (χ0v) is 15.2. The molecule has 0 unspecified atom stereocenters. The van der Waals surface area contributed by atoms with Crippen molar-refractivity contribution in [2.45, 2.75) is 44.1 Å². The van der Waals surface area contributed by atoms with Crippen LogP contribution in [-0.2, 0) is 9.53 Å². The standard InChI is InChI=1S/C17H25FN2O3S/c1-17(2,3)23-16(22)20-11-9-15(21)19-10-4-12-24-14-7-5-13(18)6-8-14/h5-8H,4,9-12H2,1-3H3,(H,19,21)(H,20,22). The Kier molecular flexibility index (Phi) is 8.60. The van der Waals surface area contributed by atoms with Crippen LogP contribution < -0.4 is 10.6 Å². The average Bonchev–Trinajstić information content (AvgIpc) is 2.47. The molecule has 1 rings (SSSR count). The summed E-state index contributed by atoms with van der Waals surface area (Å²) in [5, 5.41) is 5.34. The van der Waals surface area contributed by atoms with Crippen LogP contribution in [0.1, 0.15) is 33.6 Å². The van der Waals surface area contributed by atoms with Crippen molar-refractivity contribution in [2.24, 2.45) is 0 Å². The lowest BCUT2D eigenvalue weighted by atomic mass is 10.2. The van der Waals surface area contributed by atoms with E-state index in [0.29, 0.717) is 6.54 Å². The summed E-state index contributed by atoms with van der Waals surface area (Å²) in [5.74, 6) is 0.478. The van der Waals surface area contributed by atoms with Gasteiger partial charge in [0.15, 0.2) is 0 Å². The van der Waals surface area contributed by atoms with Gasteiger partial charge < -0.3 is 15.4 Å². The van der Waals surface area contributed by atoms with Gasteiger partial charge in [-0.3, -0.25) is 4.79 Å². The van der Waals surface area contributed by atoms with Gasteiger partial charge in [0, 0.05) is 24.4 Å². The van der Waals surface area contributed by atoms with Gasteiger partial charge in [-0.15, -0.1) is 11.8 Å². The third-order valence-corrected chi connectivity index (χ3v) is 3.84. The zero-order valence-electron chi connectivity index (χ0n) is 14.4. The Balaban J connectivity index is 2.04. The van der Waals surface area contributed by atoms with Gasteiger partial charge in [-0.25, -0.2) is 9.18 Å². The van der Waals surface area contributed by atoms with Crippen molar-refractivity contribution in [2.75, 3.05) is 18.8 Å². The number of thioether (sulfide) groups is 1. The van der Waals surface area contributed by atoms with Crippen LogP contribution in [-0.4, -0.2) is 36.4 Å². The summed E-state index contributed by atoms with van der Waals surface area (Å²) in [6.07, 6.45) is 0.503. The minimum Gasteiger partial charge on any atom is -0.444 e. The van der Waals surface area contributed by atoms with Crippen molar-refractivity contribution >= 4 is 23.8 Å². The molecule has 0 aliphatic carbocycles. The molecular weight excluding hydrogens is 331 g/mol. The first-order chi connectivity index (χ1) is 11.3. The summed E-state index contributed by atoms with van der Waals surface area (Å²) in [6, 6.07) is 6.34. The van der Waals surface area contributed by atoms with E-state index in [-0.39, 0.29) is 24.7 Å². The van der Waals surface area contributed by atoms with Crippen LogP contribution in [0.5, 0.6) is 0 Å². The number of nitrogens with one attached hydrogen (secondary N) is 2. The van der Waals surface area contributed by atoms with Crippen LogP contribution in [0.15, 0.2) is 29.2 Å². The Morgan fingerprint density at radius 3 is 2.42 bits per heavy atom. The highest BCUT2D eigenvalue weighted by molar-refractivity contribution is 7.99. The van der Waals surface area contributed by atoms with E-state index in [2.05, 4.69) is 10.6 Å². The molecule has 0 atom stereocenters. The highest BCUT2D eigenvalue weighted by Gasteiger charge is 2.15. The van der Waals surface area contributed by atoms with Crippen LogP contribution in [0.2, 0.25) is 0 Å². The fourth-order valence-electron chi connectivity index (χ4n) is 1.70. The Hall–Kier alpha value is -1.76. The molecule has 0 bridgehead atoms. The monoisotopic (exact) mass is 356 g/mol. The molecule has 7 heteroatoms. The summed E-state index contributed by atoms with van der Waals surface area (Å²) in [6.45, 7) is 6.15. The smallest absolute Gasteiger partial charge is 0.407 e. The van der Waals surface area contributed by atoms with Crippen molar-refractivity contribution in [3.05, 3.63) is 30.1 Å². The normalized spacial score (nSPS) is 11.0. The first-order valence-corrected chi connectivity index (χ1v) is 8.87. The molecule has 0 aliphatic rings. The van der Waals surface area contributed by atoms with Crippen molar-refractivity contribution < 1.29 is 18.7 Å². The number of halogens is 1. The highest BCUT2D eigenvalue weighted by atomic mass is 32.2. The Morgan fingerprint density at radius 1 is 1.12 bits per heavy atom. The van der Waals surface area contributed by atoms with Gasteiger partial charge in [0.1, 0.15) is 11.4 Å². The number of hydrogen-bond acceptors (Lipinski definition) is 4. The first kappa shape index (κ1) is 20.3. The molecule has 24 heavy (non-hydrogen) atoms. The molecule has 2 N–H and O–H groups in total. The molecule has 0 saturated heterocycles. The minimum atomic E-state index is -0.547. The summed E-state index contributed by atoms with van der Waals surface area (Å²) in [4.78, 5) is 24.0. The molecule has 0 radical (unpaired) electrons. The quantitative estimate of drug-likeness (QED) is 0.554. The molecule has 1 aromatic carbocycles. The molecule has 0 heterocycles. The lowest BCUT2D eigenvalue weighted by Gasteiger charge is -2.19. The second-order valence-corrected chi connectivity index (χ2v) is 7.35. The minimum absolute atomic E-state index is 0.113. The molecular formula is C17H25FN2O3S. The van der Waals surface area contributed by atoms with Crippen LogP contribution in [0.25, 0.3) is 0 Å². The van der Waals surface area contributed by atoms with E-state index in [1.807, 2.05) is 0 Å². The van der Waals surface area contributed by atoms with Crippen LogP contribution in [0.3, 0.4) is 0 Å². The second-order valence-electron chi connectivity index (χ2n) is 6.18. The third-order valence-electron chi connectivity index (χ3n) is 2.75. The molecule has 5 nitrogen and oxygen atoms in total. The number of alkyl carbamates (subject to hydrolysis) is 1. The molecule has 0 aliphatic heterocycles. The van der Waals surface area contributed by atoms with Crippen LogP contribution in [0.4, 0.5) is 9.18 Å². The lowest BCUT2D eigenvalue weighted by molar-refractivity contribution is -0.120. The van der Waals surface area contributed by atoms with Gasteiger partial charge >= 0.3 is 6.09 Å². The number of benzene rings is 1. The lowest BCUT2D eigenvalue weighted by Crippen LogP contribution is -2.35. The highest BCUT2D eigenvalue weighted by Crippen LogP contribution is 2.18. The predicted octanol–water partition coefficient (Wildman–Crippen LogP) is 3.34. The summed E-state index contributed by atoms with van der Waals surface area (Å²) in [5.41, 5.74) is -0.547. The van der Waals surface area contributed by atoms with Gasteiger partial charge in [-0.1, -0.05) is 0 Å². The summed E-state index contributed by atoms with van der Waals surface area (Å²) in [7, 11) is 0. The third kappa shape index (κ3) is 10.1. The topological polar surface area (TPSA) is 67.4 Å². The molecule has 134 valence electrons. The fourth-order valence-corrected chi connectivity index (χ4v) is 2.55. The largest absolute Gasteiger partial charge is 0.444 e. The summed E-state index contributed by atoms with van der Waals surface area (Å²) < 4.78 is 17.8. The molecule has 0 fully saturated rings. The zero-order chi connectivity index (χ0) is 18.0. The number of amides is 2. The van der Waals surface area contributed by atoms with E-state index in [1.165, 1.54) is 12.1 Å². The van der Waals surface area contributed by atoms with E-state index in [0.717, 1.165) is 17.1 Å². The average molecular weight is 356 g/mol. The van der Waals surface area contributed by atoms with Crippen LogP contribution >= 0.6 is 11.8 Å². The Bertz CT molecular complexity index is 530.